The van der Waals surface area contributed by atoms with Crippen molar-refractivity contribution in [2.24, 2.45) is 5.92 Å². The van der Waals surface area contributed by atoms with Gasteiger partial charge in [-0.1, -0.05) is 48.5 Å². The Morgan fingerprint density at radius 3 is 2.38 bits per heavy atom. The van der Waals surface area contributed by atoms with Crippen LogP contribution in [-0.2, 0) is 16.1 Å². The summed E-state index contributed by atoms with van der Waals surface area (Å²) in [5.41, 5.74) is 3.67. The minimum atomic E-state index is -0.563. The first-order chi connectivity index (χ1) is 14.1. The number of nitrogens with zero attached hydrogens (tertiary/aromatic N) is 2. The van der Waals surface area contributed by atoms with E-state index < -0.39 is 6.04 Å². The fourth-order valence-corrected chi connectivity index (χ4v) is 3.17. The molecule has 1 fully saturated rings. The van der Waals surface area contributed by atoms with Crippen molar-refractivity contribution in [3.05, 3.63) is 72.4 Å². The topological polar surface area (TPSA) is 76.0 Å². The summed E-state index contributed by atoms with van der Waals surface area (Å²) in [4.78, 5) is 24.4. The highest BCUT2D eigenvalue weighted by atomic mass is 16.2. The lowest BCUT2D eigenvalue weighted by molar-refractivity contribution is -0.129. The van der Waals surface area contributed by atoms with Gasteiger partial charge in [-0.3, -0.25) is 9.59 Å². The molecule has 1 aliphatic rings. The van der Waals surface area contributed by atoms with Crippen LogP contribution in [0.4, 0.5) is 0 Å². The highest BCUT2D eigenvalue weighted by Crippen LogP contribution is 2.29. The average Bonchev–Trinajstić information content (AvgIpc) is 3.53. The van der Waals surface area contributed by atoms with E-state index in [-0.39, 0.29) is 17.7 Å². The van der Waals surface area contributed by atoms with Crippen LogP contribution in [0.25, 0.3) is 16.9 Å². The summed E-state index contributed by atoms with van der Waals surface area (Å²) in [5, 5.41) is 10.5. The van der Waals surface area contributed by atoms with Gasteiger partial charge in [0.1, 0.15) is 6.04 Å². The Kier molecular flexibility index (Phi) is 5.42. The SMILES string of the molecule is CC(NC(=O)C1CC1)C(=O)NCc1cn(-c2ccccc2)nc1-c1ccccc1. The lowest BCUT2D eigenvalue weighted by Gasteiger charge is -2.14. The first-order valence-corrected chi connectivity index (χ1v) is 9.89. The number of amides is 2. The van der Waals surface area contributed by atoms with E-state index in [1.807, 2.05) is 71.5 Å². The maximum absolute atomic E-state index is 12.5. The molecule has 1 saturated carbocycles. The Balaban J connectivity index is 1.51. The second-order valence-electron chi connectivity index (χ2n) is 7.37. The summed E-state index contributed by atoms with van der Waals surface area (Å²) in [6, 6.07) is 19.2. The molecule has 4 rings (SSSR count). The largest absolute Gasteiger partial charge is 0.350 e. The van der Waals surface area contributed by atoms with E-state index >= 15 is 0 Å². The molecule has 3 aromatic rings. The molecule has 0 radical (unpaired) electrons. The first kappa shape index (κ1) is 18.9. The van der Waals surface area contributed by atoms with Gasteiger partial charge in [-0.25, -0.2) is 4.68 Å². The molecule has 2 amide bonds. The summed E-state index contributed by atoms with van der Waals surface area (Å²) < 4.78 is 1.82. The Labute approximate surface area is 169 Å². The van der Waals surface area contributed by atoms with Crippen molar-refractivity contribution in [3.63, 3.8) is 0 Å². The summed E-state index contributed by atoms with van der Waals surface area (Å²) in [7, 11) is 0. The Hall–Kier alpha value is -3.41. The van der Waals surface area contributed by atoms with E-state index in [0.29, 0.717) is 6.54 Å². The molecule has 29 heavy (non-hydrogen) atoms. The molecule has 2 N–H and O–H groups in total. The number of benzene rings is 2. The predicted molar refractivity (Wildman–Crippen MR) is 111 cm³/mol. The van der Waals surface area contributed by atoms with Gasteiger partial charge < -0.3 is 10.6 Å². The maximum atomic E-state index is 12.5. The van der Waals surface area contributed by atoms with Crippen LogP contribution in [0.15, 0.2) is 66.9 Å². The summed E-state index contributed by atoms with van der Waals surface area (Å²) in [6.07, 6.45) is 3.77. The minimum absolute atomic E-state index is 0.0329. The zero-order valence-electron chi connectivity index (χ0n) is 16.3. The molecular weight excluding hydrogens is 364 g/mol. The fraction of sp³-hybridized carbons (Fsp3) is 0.261. The molecule has 1 aliphatic carbocycles. The number of nitrogens with one attached hydrogen (secondary N) is 2. The Bertz CT molecular complexity index is 994. The van der Waals surface area contributed by atoms with Gasteiger partial charge in [-0.05, 0) is 31.9 Å². The monoisotopic (exact) mass is 388 g/mol. The molecule has 0 bridgehead atoms. The third-order valence-corrected chi connectivity index (χ3v) is 5.01. The number of carbonyl (C=O) groups excluding carboxylic acids is 2. The predicted octanol–water partition coefficient (Wildman–Crippen LogP) is 3.07. The fourth-order valence-electron chi connectivity index (χ4n) is 3.17. The van der Waals surface area contributed by atoms with Crippen molar-refractivity contribution >= 4 is 11.8 Å². The quantitative estimate of drug-likeness (QED) is 0.653. The van der Waals surface area contributed by atoms with Crippen LogP contribution in [0.3, 0.4) is 0 Å². The normalized spacial score (nSPS) is 14.2. The molecule has 1 aromatic heterocycles. The second-order valence-corrected chi connectivity index (χ2v) is 7.37. The molecule has 6 nitrogen and oxygen atoms in total. The van der Waals surface area contributed by atoms with Crippen LogP contribution in [0, 0.1) is 5.92 Å². The standard InChI is InChI=1S/C23H24N4O2/c1-16(25-23(29)18-12-13-18)22(28)24-14-19-15-27(20-10-6-3-7-11-20)26-21(19)17-8-4-2-5-9-17/h2-11,15-16,18H,12-14H2,1H3,(H,24,28)(H,25,29). The van der Waals surface area contributed by atoms with Crippen LogP contribution >= 0.6 is 0 Å². The van der Waals surface area contributed by atoms with Crippen LogP contribution in [-0.4, -0.2) is 27.6 Å². The van der Waals surface area contributed by atoms with Gasteiger partial charge in [0.05, 0.1) is 11.4 Å². The third-order valence-electron chi connectivity index (χ3n) is 5.01. The smallest absolute Gasteiger partial charge is 0.242 e. The number of hydrogen-bond donors (Lipinski definition) is 2. The van der Waals surface area contributed by atoms with E-state index in [1.54, 1.807) is 6.92 Å². The van der Waals surface area contributed by atoms with Crippen LogP contribution in [0.2, 0.25) is 0 Å². The number of aromatic nitrogens is 2. The zero-order chi connectivity index (χ0) is 20.2. The van der Waals surface area contributed by atoms with Crippen LogP contribution < -0.4 is 10.6 Å². The molecule has 0 saturated heterocycles. The first-order valence-electron chi connectivity index (χ1n) is 9.89. The van der Waals surface area contributed by atoms with Crippen LogP contribution in [0.5, 0.6) is 0 Å². The molecule has 2 aromatic carbocycles. The molecule has 0 aliphatic heterocycles. The van der Waals surface area contributed by atoms with Gasteiger partial charge in [0.2, 0.25) is 11.8 Å². The molecular formula is C23H24N4O2. The average molecular weight is 388 g/mol. The van der Waals surface area contributed by atoms with Crippen molar-refractivity contribution in [1.82, 2.24) is 20.4 Å². The third kappa shape index (κ3) is 4.54. The molecule has 0 spiro atoms. The number of carbonyl (C=O) groups is 2. The van der Waals surface area contributed by atoms with Gasteiger partial charge in [0.25, 0.3) is 0 Å². The highest BCUT2D eigenvalue weighted by molar-refractivity contribution is 5.89. The van der Waals surface area contributed by atoms with Gasteiger partial charge in [0.15, 0.2) is 0 Å². The number of rotatable bonds is 7. The van der Waals surface area contributed by atoms with E-state index in [9.17, 15) is 9.59 Å². The number of hydrogen-bond acceptors (Lipinski definition) is 3. The minimum Gasteiger partial charge on any atom is -0.350 e. The highest BCUT2D eigenvalue weighted by Gasteiger charge is 2.31. The molecule has 6 heteroatoms. The molecule has 148 valence electrons. The van der Waals surface area contributed by atoms with Crippen LogP contribution in [0.1, 0.15) is 25.3 Å². The van der Waals surface area contributed by atoms with Gasteiger partial charge in [-0.15, -0.1) is 0 Å². The zero-order valence-corrected chi connectivity index (χ0v) is 16.3. The van der Waals surface area contributed by atoms with Gasteiger partial charge in [0, 0.05) is 29.8 Å². The van der Waals surface area contributed by atoms with Crippen molar-refractivity contribution in [1.29, 1.82) is 0 Å². The van der Waals surface area contributed by atoms with Gasteiger partial charge >= 0.3 is 0 Å². The van der Waals surface area contributed by atoms with Crippen molar-refractivity contribution < 1.29 is 9.59 Å². The Morgan fingerprint density at radius 2 is 1.72 bits per heavy atom. The summed E-state index contributed by atoms with van der Waals surface area (Å²) in [6.45, 7) is 2.04. The lowest BCUT2D eigenvalue weighted by atomic mass is 10.1. The van der Waals surface area contributed by atoms with Crippen molar-refractivity contribution in [2.75, 3.05) is 0 Å². The van der Waals surface area contributed by atoms with E-state index in [1.165, 1.54) is 0 Å². The second kappa shape index (κ2) is 8.31. The van der Waals surface area contributed by atoms with Crippen molar-refractivity contribution in [3.8, 4) is 16.9 Å². The Morgan fingerprint density at radius 1 is 1.07 bits per heavy atom. The molecule has 1 unspecified atom stereocenters. The van der Waals surface area contributed by atoms with Crippen molar-refractivity contribution in [2.45, 2.75) is 32.4 Å². The maximum Gasteiger partial charge on any atom is 0.242 e. The summed E-state index contributed by atoms with van der Waals surface area (Å²) >= 11 is 0. The van der Waals surface area contributed by atoms with E-state index in [0.717, 1.165) is 35.3 Å². The van der Waals surface area contributed by atoms with E-state index in [2.05, 4.69) is 10.6 Å². The molecule has 1 atom stereocenters. The lowest BCUT2D eigenvalue weighted by Crippen LogP contribution is -2.45. The molecule has 1 heterocycles. The van der Waals surface area contributed by atoms with E-state index in [4.69, 9.17) is 5.10 Å². The number of para-hydroxylation sites is 1. The summed E-state index contributed by atoms with van der Waals surface area (Å²) in [5.74, 6) is -0.154. The van der Waals surface area contributed by atoms with Gasteiger partial charge in [-0.2, -0.15) is 5.10 Å².